The minimum absolute atomic E-state index is 0.275. The summed E-state index contributed by atoms with van der Waals surface area (Å²) in [6.07, 6.45) is 0. The van der Waals surface area contributed by atoms with Gasteiger partial charge in [-0.25, -0.2) is 0 Å². The number of carboxylic acids is 1. The quantitative estimate of drug-likeness (QED) is 0.645. The van der Waals surface area contributed by atoms with E-state index in [4.69, 9.17) is 10.8 Å². The molecule has 0 saturated carbocycles. The van der Waals surface area contributed by atoms with E-state index in [1.807, 2.05) is 18.2 Å². The SMILES string of the molecule is Nc1ccc2c(c1)cc(C(=O)Nc1ccccc1)n2CC(=O)O. The highest BCUT2D eigenvalue weighted by Gasteiger charge is 2.17. The molecular formula is C17H15N3O3. The number of anilines is 2. The van der Waals surface area contributed by atoms with Crippen molar-refractivity contribution in [2.45, 2.75) is 6.54 Å². The first-order valence-corrected chi connectivity index (χ1v) is 7.01. The van der Waals surface area contributed by atoms with Crippen LogP contribution in [0.3, 0.4) is 0 Å². The number of nitrogens with zero attached hydrogens (tertiary/aromatic N) is 1. The zero-order chi connectivity index (χ0) is 16.4. The maximum atomic E-state index is 12.5. The van der Waals surface area contributed by atoms with Gasteiger partial charge in [0.25, 0.3) is 5.91 Å². The van der Waals surface area contributed by atoms with E-state index < -0.39 is 5.97 Å². The molecule has 1 amide bonds. The molecule has 0 aliphatic carbocycles. The number of para-hydroxylation sites is 1. The van der Waals surface area contributed by atoms with E-state index in [2.05, 4.69) is 5.32 Å². The lowest BCUT2D eigenvalue weighted by Gasteiger charge is -2.09. The maximum Gasteiger partial charge on any atom is 0.323 e. The second-order valence-electron chi connectivity index (χ2n) is 5.15. The van der Waals surface area contributed by atoms with Gasteiger partial charge >= 0.3 is 5.97 Å². The molecule has 0 aliphatic heterocycles. The van der Waals surface area contributed by atoms with Crippen molar-refractivity contribution in [2.75, 3.05) is 11.1 Å². The second-order valence-corrected chi connectivity index (χ2v) is 5.15. The van der Waals surface area contributed by atoms with Crippen LogP contribution < -0.4 is 11.1 Å². The number of amides is 1. The number of carboxylic acid groups (broad SMARTS) is 1. The van der Waals surface area contributed by atoms with E-state index in [1.54, 1.807) is 36.4 Å². The van der Waals surface area contributed by atoms with Crippen LogP contribution in [-0.2, 0) is 11.3 Å². The first-order valence-electron chi connectivity index (χ1n) is 7.01. The largest absolute Gasteiger partial charge is 0.480 e. The molecule has 0 aliphatic rings. The Bertz CT molecular complexity index is 885. The summed E-state index contributed by atoms with van der Waals surface area (Å²) >= 11 is 0. The fourth-order valence-electron chi connectivity index (χ4n) is 2.50. The van der Waals surface area contributed by atoms with E-state index >= 15 is 0 Å². The number of nitrogens with one attached hydrogen (secondary N) is 1. The summed E-state index contributed by atoms with van der Waals surface area (Å²) in [5.41, 5.74) is 7.88. The summed E-state index contributed by atoms with van der Waals surface area (Å²) in [4.78, 5) is 23.6. The minimum atomic E-state index is -1.02. The number of benzene rings is 2. The zero-order valence-electron chi connectivity index (χ0n) is 12.2. The molecule has 1 aromatic heterocycles. The normalized spacial score (nSPS) is 10.6. The van der Waals surface area contributed by atoms with Crippen LogP contribution in [0.1, 0.15) is 10.5 Å². The topological polar surface area (TPSA) is 97.4 Å². The van der Waals surface area contributed by atoms with E-state index in [0.29, 0.717) is 16.9 Å². The van der Waals surface area contributed by atoms with E-state index in [1.165, 1.54) is 4.57 Å². The number of nitrogens with two attached hydrogens (primary N) is 1. The highest BCUT2D eigenvalue weighted by atomic mass is 16.4. The molecule has 3 aromatic rings. The Labute approximate surface area is 132 Å². The second kappa shape index (κ2) is 5.84. The molecular weight excluding hydrogens is 294 g/mol. The summed E-state index contributed by atoms with van der Waals surface area (Å²) in [7, 11) is 0. The summed E-state index contributed by atoms with van der Waals surface area (Å²) in [5, 5.41) is 12.6. The molecule has 0 spiro atoms. The summed E-state index contributed by atoms with van der Waals surface area (Å²) in [6, 6.07) is 15.7. The van der Waals surface area contributed by atoms with Crippen molar-refractivity contribution in [2.24, 2.45) is 0 Å². The van der Waals surface area contributed by atoms with Crippen LogP contribution in [0, 0.1) is 0 Å². The van der Waals surface area contributed by atoms with E-state index in [9.17, 15) is 9.59 Å². The van der Waals surface area contributed by atoms with E-state index in [-0.39, 0.29) is 18.1 Å². The smallest absolute Gasteiger partial charge is 0.323 e. The number of fused-ring (bicyclic) bond motifs is 1. The molecule has 1 heterocycles. The lowest BCUT2D eigenvalue weighted by atomic mass is 10.2. The number of aliphatic carboxylic acids is 1. The van der Waals surface area contributed by atoms with Crippen LogP contribution in [0.5, 0.6) is 0 Å². The van der Waals surface area contributed by atoms with Gasteiger partial charge < -0.3 is 20.7 Å². The lowest BCUT2D eigenvalue weighted by molar-refractivity contribution is -0.137. The molecule has 0 fully saturated rings. The monoisotopic (exact) mass is 309 g/mol. The number of hydrogen-bond donors (Lipinski definition) is 3. The van der Waals surface area contributed by atoms with Crippen LogP contribution in [0.25, 0.3) is 10.9 Å². The summed E-state index contributed by atoms with van der Waals surface area (Å²) in [6.45, 7) is -0.301. The maximum absolute atomic E-state index is 12.5. The van der Waals surface area contributed by atoms with Gasteiger partial charge in [0, 0.05) is 22.3 Å². The van der Waals surface area contributed by atoms with Gasteiger partial charge in [-0.05, 0) is 36.4 Å². The average molecular weight is 309 g/mol. The molecule has 6 heteroatoms. The van der Waals surface area contributed by atoms with Crippen LogP contribution in [-0.4, -0.2) is 21.6 Å². The fraction of sp³-hybridized carbons (Fsp3) is 0.0588. The van der Waals surface area contributed by atoms with Gasteiger partial charge in [-0.15, -0.1) is 0 Å². The van der Waals surface area contributed by atoms with Crippen molar-refractivity contribution in [3.05, 3.63) is 60.3 Å². The predicted molar refractivity (Wildman–Crippen MR) is 88.4 cm³/mol. The molecule has 116 valence electrons. The highest BCUT2D eigenvalue weighted by molar-refractivity contribution is 6.07. The number of carbonyl (C=O) groups excluding carboxylic acids is 1. The van der Waals surface area contributed by atoms with Crippen LogP contribution >= 0.6 is 0 Å². The molecule has 2 aromatic carbocycles. The van der Waals surface area contributed by atoms with Crippen molar-refractivity contribution in [3.63, 3.8) is 0 Å². The van der Waals surface area contributed by atoms with Gasteiger partial charge in [-0.1, -0.05) is 18.2 Å². The fourth-order valence-corrected chi connectivity index (χ4v) is 2.50. The molecule has 23 heavy (non-hydrogen) atoms. The third-order valence-corrected chi connectivity index (χ3v) is 3.48. The molecule has 0 bridgehead atoms. The minimum Gasteiger partial charge on any atom is -0.480 e. The lowest BCUT2D eigenvalue weighted by Crippen LogP contribution is -2.19. The number of hydrogen-bond acceptors (Lipinski definition) is 3. The van der Waals surface area contributed by atoms with Gasteiger partial charge in [0.05, 0.1) is 0 Å². The van der Waals surface area contributed by atoms with E-state index in [0.717, 1.165) is 5.39 Å². The van der Waals surface area contributed by atoms with Gasteiger partial charge in [-0.3, -0.25) is 9.59 Å². The Morgan fingerprint density at radius 3 is 2.52 bits per heavy atom. The predicted octanol–water partition coefficient (Wildman–Crippen LogP) is 2.56. The molecule has 0 radical (unpaired) electrons. The molecule has 0 unspecified atom stereocenters. The Morgan fingerprint density at radius 1 is 1.09 bits per heavy atom. The van der Waals surface area contributed by atoms with Gasteiger partial charge in [0.15, 0.2) is 0 Å². The van der Waals surface area contributed by atoms with Gasteiger partial charge in [-0.2, -0.15) is 0 Å². The van der Waals surface area contributed by atoms with Gasteiger partial charge in [0.2, 0.25) is 0 Å². The van der Waals surface area contributed by atoms with Gasteiger partial charge in [0.1, 0.15) is 12.2 Å². The van der Waals surface area contributed by atoms with Crippen molar-refractivity contribution in [1.29, 1.82) is 0 Å². The molecule has 0 saturated heterocycles. The number of nitrogen functional groups attached to an aromatic ring is 1. The Morgan fingerprint density at radius 2 is 1.83 bits per heavy atom. The zero-order valence-corrected chi connectivity index (χ0v) is 12.2. The standard InChI is InChI=1S/C17H15N3O3/c18-12-6-7-14-11(8-12)9-15(20(14)10-16(21)22)17(23)19-13-4-2-1-3-5-13/h1-9H,10,18H2,(H,19,23)(H,21,22). The Balaban J connectivity index is 2.04. The van der Waals surface area contributed by atoms with Crippen LogP contribution in [0.4, 0.5) is 11.4 Å². The van der Waals surface area contributed by atoms with Crippen molar-refractivity contribution < 1.29 is 14.7 Å². The van der Waals surface area contributed by atoms with Crippen LogP contribution in [0.15, 0.2) is 54.6 Å². The van der Waals surface area contributed by atoms with Crippen molar-refractivity contribution in [1.82, 2.24) is 4.57 Å². The molecule has 3 rings (SSSR count). The average Bonchev–Trinajstić information content (AvgIpc) is 2.85. The summed E-state index contributed by atoms with van der Waals surface area (Å²) < 4.78 is 1.47. The van der Waals surface area contributed by atoms with Crippen LogP contribution in [0.2, 0.25) is 0 Å². The molecule has 4 N–H and O–H groups in total. The number of rotatable bonds is 4. The first kappa shape index (κ1) is 14.6. The van der Waals surface area contributed by atoms with Crippen molar-refractivity contribution >= 4 is 34.2 Å². The summed E-state index contributed by atoms with van der Waals surface area (Å²) in [5.74, 6) is -1.39. The molecule has 6 nitrogen and oxygen atoms in total. The number of carbonyl (C=O) groups is 2. The third-order valence-electron chi connectivity index (χ3n) is 3.48. The molecule has 0 atom stereocenters. The third kappa shape index (κ3) is 3.01. The Kier molecular flexibility index (Phi) is 3.72. The number of aromatic nitrogens is 1. The Hall–Kier alpha value is -3.28. The first-order chi connectivity index (χ1) is 11.0. The highest BCUT2D eigenvalue weighted by Crippen LogP contribution is 2.23. The van der Waals surface area contributed by atoms with Crippen molar-refractivity contribution in [3.8, 4) is 0 Å².